The highest BCUT2D eigenvalue weighted by atomic mass is 16.2. The van der Waals surface area contributed by atoms with Gasteiger partial charge >= 0.3 is 0 Å². The van der Waals surface area contributed by atoms with Gasteiger partial charge in [-0.05, 0) is 37.4 Å². The van der Waals surface area contributed by atoms with Crippen LogP contribution in [0.4, 0.5) is 5.69 Å². The number of carbonyl (C=O) groups is 1. The van der Waals surface area contributed by atoms with Gasteiger partial charge in [-0.3, -0.25) is 9.69 Å². The zero-order valence-electron chi connectivity index (χ0n) is 11.2. The maximum absolute atomic E-state index is 12.3. The Kier molecular flexibility index (Phi) is 4.37. The smallest absolute Gasteiger partial charge is 0.241 e. The van der Waals surface area contributed by atoms with Crippen LogP contribution in [0.25, 0.3) is 0 Å². The Hall–Kier alpha value is -1.35. The SMILES string of the molecule is CC(C)CN1CCC[C@H]1C(=O)Nc1ccccc1. The van der Waals surface area contributed by atoms with E-state index < -0.39 is 0 Å². The van der Waals surface area contributed by atoms with Gasteiger partial charge in [0.2, 0.25) is 5.91 Å². The maximum Gasteiger partial charge on any atom is 0.241 e. The van der Waals surface area contributed by atoms with Crippen LogP contribution in [0, 0.1) is 5.92 Å². The first-order valence-corrected chi connectivity index (χ1v) is 6.77. The molecule has 1 aromatic carbocycles. The zero-order chi connectivity index (χ0) is 13.0. The molecular formula is C15H22N2O. The summed E-state index contributed by atoms with van der Waals surface area (Å²) in [5, 5.41) is 3.01. The average Bonchev–Trinajstić information content (AvgIpc) is 2.77. The summed E-state index contributed by atoms with van der Waals surface area (Å²) in [7, 11) is 0. The predicted octanol–water partition coefficient (Wildman–Crippen LogP) is 2.75. The number of nitrogens with zero attached hydrogens (tertiary/aromatic N) is 1. The van der Waals surface area contributed by atoms with Crippen LogP contribution in [0.1, 0.15) is 26.7 Å². The Labute approximate surface area is 109 Å². The van der Waals surface area contributed by atoms with Gasteiger partial charge in [0.25, 0.3) is 0 Å². The fourth-order valence-electron chi connectivity index (χ4n) is 2.56. The summed E-state index contributed by atoms with van der Waals surface area (Å²) < 4.78 is 0. The normalized spacial score (nSPS) is 20.3. The number of amides is 1. The van der Waals surface area contributed by atoms with Crippen LogP contribution in [-0.4, -0.2) is 29.9 Å². The van der Waals surface area contributed by atoms with Gasteiger partial charge in [0.15, 0.2) is 0 Å². The van der Waals surface area contributed by atoms with Crippen molar-refractivity contribution in [3.05, 3.63) is 30.3 Å². The van der Waals surface area contributed by atoms with Gasteiger partial charge in [0.1, 0.15) is 0 Å². The minimum Gasteiger partial charge on any atom is -0.325 e. The third-order valence-corrected chi connectivity index (χ3v) is 3.31. The van der Waals surface area contributed by atoms with Crippen LogP contribution in [-0.2, 0) is 4.79 Å². The molecule has 0 saturated carbocycles. The van der Waals surface area contributed by atoms with Gasteiger partial charge < -0.3 is 5.32 Å². The molecule has 0 spiro atoms. The van der Waals surface area contributed by atoms with Crippen molar-refractivity contribution in [2.24, 2.45) is 5.92 Å². The van der Waals surface area contributed by atoms with Crippen LogP contribution in [0.3, 0.4) is 0 Å². The number of rotatable bonds is 4. The Morgan fingerprint density at radius 3 is 2.78 bits per heavy atom. The number of nitrogens with one attached hydrogen (secondary N) is 1. The lowest BCUT2D eigenvalue weighted by Crippen LogP contribution is -2.41. The lowest BCUT2D eigenvalue weighted by molar-refractivity contribution is -0.120. The molecule has 1 atom stereocenters. The van der Waals surface area contributed by atoms with Crippen molar-refractivity contribution in [3.63, 3.8) is 0 Å². The summed E-state index contributed by atoms with van der Waals surface area (Å²) in [5.74, 6) is 0.745. The largest absolute Gasteiger partial charge is 0.325 e. The van der Waals surface area contributed by atoms with E-state index in [0.29, 0.717) is 5.92 Å². The minimum absolute atomic E-state index is 0.0487. The van der Waals surface area contributed by atoms with E-state index in [2.05, 4.69) is 24.1 Å². The number of para-hydroxylation sites is 1. The molecule has 18 heavy (non-hydrogen) atoms. The van der Waals surface area contributed by atoms with Crippen molar-refractivity contribution >= 4 is 11.6 Å². The molecule has 0 bridgehead atoms. The summed E-state index contributed by atoms with van der Waals surface area (Å²) in [5.41, 5.74) is 0.888. The first-order chi connectivity index (χ1) is 8.66. The number of anilines is 1. The zero-order valence-corrected chi connectivity index (χ0v) is 11.2. The van der Waals surface area contributed by atoms with Gasteiger partial charge in [-0.1, -0.05) is 32.0 Å². The van der Waals surface area contributed by atoms with E-state index in [1.807, 2.05) is 30.3 Å². The van der Waals surface area contributed by atoms with Crippen molar-refractivity contribution in [2.75, 3.05) is 18.4 Å². The summed E-state index contributed by atoms with van der Waals surface area (Å²) in [6, 6.07) is 9.74. The maximum atomic E-state index is 12.3. The molecule has 1 saturated heterocycles. The minimum atomic E-state index is 0.0487. The van der Waals surface area contributed by atoms with Crippen molar-refractivity contribution in [1.82, 2.24) is 4.90 Å². The van der Waals surface area contributed by atoms with Crippen molar-refractivity contribution in [2.45, 2.75) is 32.7 Å². The van der Waals surface area contributed by atoms with E-state index in [1.165, 1.54) is 0 Å². The van der Waals surface area contributed by atoms with Gasteiger partial charge in [0, 0.05) is 12.2 Å². The highest BCUT2D eigenvalue weighted by molar-refractivity contribution is 5.94. The van der Waals surface area contributed by atoms with E-state index in [4.69, 9.17) is 0 Å². The second-order valence-electron chi connectivity index (χ2n) is 5.40. The third kappa shape index (κ3) is 3.33. The van der Waals surface area contributed by atoms with E-state index in [1.54, 1.807) is 0 Å². The molecule has 0 aromatic heterocycles. The lowest BCUT2D eigenvalue weighted by atomic mass is 10.1. The molecule has 1 fully saturated rings. The van der Waals surface area contributed by atoms with E-state index in [9.17, 15) is 4.79 Å². The van der Waals surface area contributed by atoms with E-state index in [0.717, 1.165) is 31.6 Å². The van der Waals surface area contributed by atoms with Crippen LogP contribution in [0.15, 0.2) is 30.3 Å². The Bertz CT molecular complexity index is 389. The lowest BCUT2D eigenvalue weighted by Gasteiger charge is -2.25. The second-order valence-corrected chi connectivity index (χ2v) is 5.40. The molecule has 1 heterocycles. The highest BCUT2D eigenvalue weighted by Crippen LogP contribution is 2.20. The molecule has 1 N–H and O–H groups in total. The molecule has 3 nitrogen and oxygen atoms in total. The molecule has 1 aliphatic heterocycles. The molecule has 98 valence electrons. The number of benzene rings is 1. The van der Waals surface area contributed by atoms with Crippen molar-refractivity contribution in [3.8, 4) is 0 Å². The van der Waals surface area contributed by atoms with Crippen LogP contribution in [0.5, 0.6) is 0 Å². The fraction of sp³-hybridized carbons (Fsp3) is 0.533. The molecule has 3 heteroatoms. The molecule has 0 aliphatic carbocycles. The monoisotopic (exact) mass is 246 g/mol. The van der Waals surface area contributed by atoms with Gasteiger partial charge in [-0.25, -0.2) is 0 Å². The molecule has 1 amide bonds. The highest BCUT2D eigenvalue weighted by Gasteiger charge is 2.30. The van der Waals surface area contributed by atoms with Crippen molar-refractivity contribution < 1.29 is 4.79 Å². The average molecular weight is 246 g/mol. The predicted molar refractivity (Wildman–Crippen MR) is 74.5 cm³/mol. The Morgan fingerprint density at radius 2 is 2.11 bits per heavy atom. The Morgan fingerprint density at radius 1 is 1.39 bits per heavy atom. The van der Waals surface area contributed by atoms with Crippen LogP contribution < -0.4 is 5.32 Å². The fourth-order valence-corrected chi connectivity index (χ4v) is 2.56. The third-order valence-electron chi connectivity index (χ3n) is 3.31. The van der Waals surface area contributed by atoms with Crippen LogP contribution in [0.2, 0.25) is 0 Å². The van der Waals surface area contributed by atoms with Gasteiger partial charge in [0.05, 0.1) is 6.04 Å². The standard InChI is InChI=1S/C15H22N2O/c1-12(2)11-17-10-6-9-14(17)15(18)16-13-7-4-3-5-8-13/h3-5,7-8,12,14H,6,9-11H2,1-2H3,(H,16,18)/t14-/m0/s1. The first-order valence-electron chi connectivity index (χ1n) is 6.77. The van der Waals surface area contributed by atoms with E-state index in [-0.39, 0.29) is 11.9 Å². The number of hydrogen-bond donors (Lipinski definition) is 1. The number of likely N-dealkylation sites (tertiary alicyclic amines) is 1. The molecular weight excluding hydrogens is 224 g/mol. The van der Waals surface area contributed by atoms with E-state index >= 15 is 0 Å². The molecule has 2 rings (SSSR count). The summed E-state index contributed by atoms with van der Waals surface area (Å²) in [4.78, 5) is 14.6. The quantitative estimate of drug-likeness (QED) is 0.886. The Balaban J connectivity index is 1.96. The molecule has 1 aromatic rings. The molecule has 1 aliphatic rings. The first kappa shape index (κ1) is 13.1. The number of carbonyl (C=O) groups excluding carboxylic acids is 1. The summed E-state index contributed by atoms with van der Waals surface area (Å²) in [6.07, 6.45) is 2.10. The van der Waals surface area contributed by atoms with Gasteiger partial charge in [-0.15, -0.1) is 0 Å². The summed E-state index contributed by atoms with van der Waals surface area (Å²) >= 11 is 0. The van der Waals surface area contributed by atoms with Crippen molar-refractivity contribution in [1.29, 1.82) is 0 Å². The topological polar surface area (TPSA) is 32.3 Å². The number of hydrogen-bond acceptors (Lipinski definition) is 2. The summed E-state index contributed by atoms with van der Waals surface area (Å²) in [6.45, 7) is 6.45. The second kappa shape index (κ2) is 6.01. The molecule has 0 unspecified atom stereocenters. The molecule has 0 radical (unpaired) electrons. The van der Waals surface area contributed by atoms with Crippen LogP contribution >= 0.6 is 0 Å². The van der Waals surface area contributed by atoms with Gasteiger partial charge in [-0.2, -0.15) is 0 Å².